The maximum Gasteiger partial charge on any atom is 0.260 e. The monoisotopic (exact) mass is 446 g/mol. The second-order valence-electron chi connectivity index (χ2n) is 7.08. The van der Waals surface area contributed by atoms with Crippen LogP contribution in [0.3, 0.4) is 0 Å². The topological polar surface area (TPSA) is 42.4 Å². The molecule has 1 aliphatic heterocycles. The molecule has 0 spiro atoms. The quantitative estimate of drug-likeness (QED) is 0.423. The molecule has 1 fully saturated rings. The summed E-state index contributed by atoms with van der Waals surface area (Å²) in [5.41, 5.74) is 2.59. The summed E-state index contributed by atoms with van der Waals surface area (Å²) in [5.74, 6) is 0.927. The van der Waals surface area contributed by atoms with E-state index in [4.69, 9.17) is 21.3 Å². The van der Waals surface area contributed by atoms with E-state index >= 15 is 0 Å². The first kappa shape index (κ1) is 20.7. The highest BCUT2D eigenvalue weighted by molar-refractivity contribution is 7.99. The zero-order valence-corrected chi connectivity index (χ0v) is 18.9. The number of aromatic nitrogens is 1. The molecule has 0 aliphatic carbocycles. The summed E-state index contributed by atoms with van der Waals surface area (Å²) in [6.07, 6.45) is 2.04. The van der Waals surface area contributed by atoms with Crippen LogP contribution in [0.15, 0.2) is 41.3 Å². The highest BCUT2D eigenvalue weighted by Crippen LogP contribution is 2.34. The van der Waals surface area contributed by atoms with Crippen LogP contribution < -0.4 is 4.90 Å². The van der Waals surface area contributed by atoms with Crippen LogP contribution in [-0.4, -0.2) is 35.9 Å². The molecule has 7 heteroatoms. The lowest BCUT2D eigenvalue weighted by Gasteiger charge is -2.23. The molecule has 2 aromatic carbocycles. The van der Waals surface area contributed by atoms with Gasteiger partial charge in [-0.1, -0.05) is 35.9 Å². The van der Waals surface area contributed by atoms with Gasteiger partial charge in [0.2, 0.25) is 0 Å². The van der Waals surface area contributed by atoms with E-state index in [1.165, 1.54) is 11.3 Å². The van der Waals surface area contributed by atoms with Crippen LogP contribution in [-0.2, 0) is 4.74 Å². The Bertz CT molecular complexity index is 1030. The van der Waals surface area contributed by atoms with Gasteiger partial charge < -0.3 is 4.74 Å². The van der Waals surface area contributed by atoms with Crippen LogP contribution in [0.5, 0.6) is 0 Å². The molecule has 29 heavy (non-hydrogen) atoms. The molecule has 1 unspecified atom stereocenters. The molecule has 4 rings (SSSR count). The summed E-state index contributed by atoms with van der Waals surface area (Å²) in [4.78, 5) is 21.2. The molecule has 152 valence electrons. The maximum absolute atomic E-state index is 13.5. The number of aryl methyl sites for hydroxylation is 1. The van der Waals surface area contributed by atoms with Gasteiger partial charge in [0, 0.05) is 22.1 Å². The number of anilines is 1. The molecule has 1 aromatic heterocycles. The van der Waals surface area contributed by atoms with Crippen LogP contribution in [0.25, 0.3) is 10.2 Å². The van der Waals surface area contributed by atoms with Crippen LogP contribution in [0.2, 0.25) is 5.02 Å². The predicted molar refractivity (Wildman–Crippen MR) is 123 cm³/mol. The largest absolute Gasteiger partial charge is 0.376 e. The number of thiazole rings is 1. The summed E-state index contributed by atoms with van der Waals surface area (Å²) in [6, 6.07) is 11.6. The predicted octanol–water partition coefficient (Wildman–Crippen LogP) is 6.20. The van der Waals surface area contributed by atoms with Gasteiger partial charge >= 0.3 is 0 Å². The zero-order valence-electron chi connectivity index (χ0n) is 16.5. The van der Waals surface area contributed by atoms with E-state index in [-0.39, 0.29) is 12.0 Å². The molecular formula is C22H23ClN2O2S2. The minimum atomic E-state index is -0.0399. The molecule has 0 saturated carbocycles. The highest BCUT2D eigenvalue weighted by Gasteiger charge is 2.27. The second kappa shape index (κ2) is 9.04. The molecule has 2 heterocycles. The minimum Gasteiger partial charge on any atom is -0.376 e. The number of ether oxygens (including phenoxy) is 1. The van der Waals surface area contributed by atoms with Crippen molar-refractivity contribution in [1.29, 1.82) is 0 Å². The Hall–Kier alpha value is -1.60. The second-order valence-corrected chi connectivity index (χ2v) is 9.86. The number of nitrogens with zero attached hydrogens (tertiary/aromatic N) is 2. The van der Waals surface area contributed by atoms with E-state index < -0.39 is 0 Å². The third-order valence-corrected chi connectivity index (χ3v) is 7.04. The van der Waals surface area contributed by atoms with Gasteiger partial charge in [0.15, 0.2) is 5.13 Å². The number of halogens is 1. The normalized spacial score (nSPS) is 16.4. The molecule has 1 amide bonds. The Labute approximate surface area is 184 Å². The van der Waals surface area contributed by atoms with Gasteiger partial charge in [-0.25, -0.2) is 4.98 Å². The van der Waals surface area contributed by atoms with Gasteiger partial charge in [-0.15, -0.1) is 11.8 Å². The van der Waals surface area contributed by atoms with Crippen molar-refractivity contribution in [2.45, 2.75) is 37.7 Å². The highest BCUT2D eigenvalue weighted by atomic mass is 35.5. The van der Waals surface area contributed by atoms with Gasteiger partial charge in [-0.05, 0) is 61.4 Å². The number of amides is 1. The fourth-order valence-corrected chi connectivity index (χ4v) is 5.69. The number of rotatable bonds is 6. The van der Waals surface area contributed by atoms with Crippen LogP contribution in [0.1, 0.15) is 35.7 Å². The van der Waals surface area contributed by atoms with E-state index in [2.05, 4.69) is 6.92 Å². The molecule has 4 nitrogen and oxygen atoms in total. The van der Waals surface area contributed by atoms with Gasteiger partial charge in [0.1, 0.15) is 0 Å². The number of thioether (sulfide) groups is 1. The minimum absolute atomic E-state index is 0.0399. The van der Waals surface area contributed by atoms with Crippen molar-refractivity contribution in [3.05, 3.63) is 52.5 Å². The number of carbonyl (C=O) groups excluding carboxylic acids is 1. The standard InChI is InChI=1S/C22H23ClN2O2S2/c1-3-28-18-8-4-6-15(11-18)21(26)25(13-17-7-5-9-27-17)22-24-20-14(2)10-16(23)12-19(20)29-22/h4,6,8,10-12,17H,3,5,7,9,13H2,1-2H3. The lowest BCUT2D eigenvalue weighted by Crippen LogP contribution is -2.37. The first-order valence-corrected chi connectivity index (χ1v) is 12.0. The fourth-order valence-electron chi connectivity index (χ4n) is 3.54. The van der Waals surface area contributed by atoms with Gasteiger partial charge in [0.25, 0.3) is 5.91 Å². The average molecular weight is 447 g/mol. The van der Waals surface area contributed by atoms with Crippen LogP contribution in [0.4, 0.5) is 5.13 Å². The molecule has 0 bridgehead atoms. The first-order chi connectivity index (χ1) is 14.0. The number of benzene rings is 2. The van der Waals surface area contributed by atoms with Crippen molar-refractivity contribution in [2.75, 3.05) is 23.8 Å². The van der Waals surface area contributed by atoms with Crippen molar-refractivity contribution < 1.29 is 9.53 Å². The number of hydrogen-bond donors (Lipinski definition) is 0. The van der Waals surface area contributed by atoms with E-state index in [0.717, 1.165) is 45.9 Å². The van der Waals surface area contributed by atoms with E-state index in [1.807, 2.05) is 43.3 Å². The van der Waals surface area contributed by atoms with Gasteiger partial charge in [-0.3, -0.25) is 9.69 Å². The van der Waals surface area contributed by atoms with Crippen molar-refractivity contribution >= 4 is 56.0 Å². The molecule has 1 aliphatic rings. The van der Waals surface area contributed by atoms with Gasteiger partial charge in [0.05, 0.1) is 22.9 Å². The Morgan fingerprint density at radius 1 is 1.38 bits per heavy atom. The number of fused-ring (bicyclic) bond motifs is 1. The Balaban J connectivity index is 1.72. The third-order valence-electron chi connectivity index (χ3n) is 4.92. The molecular weight excluding hydrogens is 424 g/mol. The molecule has 1 atom stereocenters. The zero-order chi connectivity index (χ0) is 20.4. The average Bonchev–Trinajstić information content (AvgIpc) is 3.35. The lowest BCUT2D eigenvalue weighted by atomic mass is 10.2. The SMILES string of the molecule is CCSc1cccc(C(=O)N(CC2CCCO2)c2nc3c(C)cc(Cl)cc3s2)c1. The number of hydrogen-bond acceptors (Lipinski definition) is 5. The first-order valence-electron chi connectivity index (χ1n) is 9.78. The fraction of sp³-hybridized carbons (Fsp3) is 0.364. The molecule has 0 N–H and O–H groups in total. The summed E-state index contributed by atoms with van der Waals surface area (Å²) < 4.78 is 6.82. The number of carbonyl (C=O) groups is 1. The van der Waals surface area contributed by atoms with E-state index in [1.54, 1.807) is 16.7 Å². The molecule has 0 radical (unpaired) electrons. The van der Waals surface area contributed by atoms with Crippen molar-refractivity contribution in [3.63, 3.8) is 0 Å². The summed E-state index contributed by atoms with van der Waals surface area (Å²) in [7, 11) is 0. The van der Waals surface area contributed by atoms with Crippen molar-refractivity contribution in [1.82, 2.24) is 4.98 Å². The van der Waals surface area contributed by atoms with Crippen LogP contribution in [0, 0.1) is 6.92 Å². The van der Waals surface area contributed by atoms with Crippen molar-refractivity contribution in [3.8, 4) is 0 Å². The Morgan fingerprint density at radius 3 is 3.00 bits per heavy atom. The lowest BCUT2D eigenvalue weighted by molar-refractivity contribution is 0.0917. The Kier molecular flexibility index (Phi) is 6.44. The van der Waals surface area contributed by atoms with Gasteiger partial charge in [-0.2, -0.15) is 0 Å². The maximum atomic E-state index is 13.5. The molecule has 3 aromatic rings. The van der Waals surface area contributed by atoms with E-state index in [9.17, 15) is 4.79 Å². The Morgan fingerprint density at radius 2 is 2.24 bits per heavy atom. The summed E-state index contributed by atoms with van der Waals surface area (Å²) in [6.45, 7) is 5.37. The summed E-state index contributed by atoms with van der Waals surface area (Å²) in [5, 5.41) is 1.38. The smallest absolute Gasteiger partial charge is 0.260 e. The van der Waals surface area contributed by atoms with Crippen LogP contribution >= 0.6 is 34.7 Å². The third kappa shape index (κ3) is 4.61. The molecule has 1 saturated heterocycles. The van der Waals surface area contributed by atoms with E-state index in [0.29, 0.717) is 22.3 Å². The van der Waals surface area contributed by atoms with Crippen molar-refractivity contribution in [2.24, 2.45) is 0 Å². The summed E-state index contributed by atoms with van der Waals surface area (Å²) >= 11 is 9.47.